The van der Waals surface area contributed by atoms with Gasteiger partial charge in [-0.2, -0.15) is 11.8 Å². The SMILES string of the molecule is CN=C(NCCSC)NCC(C)(C)c1ccccc1C.I. The van der Waals surface area contributed by atoms with Crippen LogP contribution in [-0.4, -0.2) is 38.1 Å². The molecule has 0 bridgehead atoms. The lowest BCUT2D eigenvalue weighted by Gasteiger charge is -2.28. The zero-order chi connectivity index (χ0) is 15.0. The lowest BCUT2D eigenvalue weighted by Crippen LogP contribution is -2.44. The fourth-order valence-electron chi connectivity index (χ4n) is 2.22. The number of hydrogen-bond acceptors (Lipinski definition) is 2. The summed E-state index contributed by atoms with van der Waals surface area (Å²) in [5.41, 5.74) is 2.79. The van der Waals surface area contributed by atoms with Crippen molar-refractivity contribution in [2.45, 2.75) is 26.2 Å². The van der Waals surface area contributed by atoms with Crippen LogP contribution in [0.25, 0.3) is 0 Å². The Morgan fingerprint density at radius 1 is 1.24 bits per heavy atom. The molecule has 0 heterocycles. The Hall–Kier alpha value is -0.430. The van der Waals surface area contributed by atoms with E-state index >= 15 is 0 Å². The molecule has 0 aromatic heterocycles. The fraction of sp³-hybridized carbons (Fsp3) is 0.562. The molecular formula is C16H28IN3S. The highest BCUT2D eigenvalue weighted by atomic mass is 127. The number of benzene rings is 1. The largest absolute Gasteiger partial charge is 0.356 e. The van der Waals surface area contributed by atoms with Crippen LogP contribution in [0.4, 0.5) is 0 Å². The molecule has 0 unspecified atom stereocenters. The Labute approximate surface area is 150 Å². The molecule has 1 rings (SSSR count). The van der Waals surface area contributed by atoms with Crippen LogP contribution in [-0.2, 0) is 5.41 Å². The Morgan fingerprint density at radius 2 is 1.90 bits per heavy atom. The van der Waals surface area contributed by atoms with E-state index < -0.39 is 0 Å². The standard InChI is InChI=1S/C16H27N3S.HI/c1-13-8-6-7-9-14(13)16(2,3)12-19-15(17-4)18-10-11-20-5;/h6-9H,10-12H2,1-5H3,(H2,17,18,19);1H. The Morgan fingerprint density at radius 3 is 2.48 bits per heavy atom. The lowest BCUT2D eigenvalue weighted by molar-refractivity contribution is 0.506. The van der Waals surface area contributed by atoms with E-state index in [1.165, 1.54) is 11.1 Å². The van der Waals surface area contributed by atoms with E-state index in [9.17, 15) is 0 Å². The molecule has 0 aliphatic carbocycles. The van der Waals surface area contributed by atoms with E-state index in [4.69, 9.17) is 0 Å². The number of halogens is 1. The van der Waals surface area contributed by atoms with E-state index in [0.29, 0.717) is 0 Å². The normalized spacial score (nSPS) is 11.8. The molecule has 0 saturated heterocycles. The Bertz CT molecular complexity index is 447. The van der Waals surface area contributed by atoms with Crippen molar-refractivity contribution < 1.29 is 0 Å². The zero-order valence-electron chi connectivity index (χ0n) is 13.7. The molecule has 0 spiro atoms. The third-order valence-electron chi connectivity index (χ3n) is 3.39. The average molecular weight is 421 g/mol. The van der Waals surface area contributed by atoms with Gasteiger partial charge in [-0.05, 0) is 24.3 Å². The summed E-state index contributed by atoms with van der Waals surface area (Å²) in [5, 5.41) is 6.75. The molecule has 5 heteroatoms. The number of guanidine groups is 1. The average Bonchev–Trinajstić information content (AvgIpc) is 2.43. The van der Waals surface area contributed by atoms with Crippen LogP contribution >= 0.6 is 35.7 Å². The minimum atomic E-state index is 0. The predicted molar refractivity (Wildman–Crippen MR) is 107 cm³/mol. The van der Waals surface area contributed by atoms with Gasteiger partial charge in [0.2, 0.25) is 0 Å². The van der Waals surface area contributed by atoms with E-state index in [-0.39, 0.29) is 29.4 Å². The molecule has 21 heavy (non-hydrogen) atoms. The van der Waals surface area contributed by atoms with E-state index in [1.807, 2.05) is 18.8 Å². The Kier molecular flexibility index (Phi) is 10.1. The predicted octanol–water partition coefficient (Wildman–Crippen LogP) is 3.42. The first-order valence-corrected chi connectivity index (χ1v) is 8.40. The van der Waals surface area contributed by atoms with Crippen molar-refractivity contribution >= 4 is 41.7 Å². The quantitative estimate of drug-likeness (QED) is 0.320. The van der Waals surface area contributed by atoms with Crippen molar-refractivity contribution in [3.8, 4) is 0 Å². The van der Waals surface area contributed by atoms with Gasteiger partial charge in [-0.3, -0.25) is 4.99 Å². The Balaban J connectivity index is 0.00000400. The van der Waals surface area contributed by atoms with E-state index in [2.05, 4.69) is 66.9 Å². The van der Waals surface area contributed by atoms with Crippen molar-refractivity contribution in [1.29, 1.82) is 0 Å². The molecular weight excluding hydrogens is 393 g/mol. The molecule has 0 aliphatic heterocycles. The number of rotatable bonds is 6. The number of hydrogen-bond donors (Lipinski definition) is 2. The first-order valence-electron chi connectivity index (χ1n) is 7.01. The maximum absolute atomic E-state index is 4.26. The van der Waals surface area contributed by atoms with Gasteiger partial charge in [-0.1, -0.05) is 38.1 Å². The third kappa shape index (κ3) is 6.91. The highest BCUT2D eigenvalue weighted by Crippen LogP contribution is 2.25. The molecule has 3 nitrogen and oxygen atoms in total. The van der Waals surface area contributed by atoms with Gasteiger partial charge in [0.05, 0.1) is 0 Å². The first kappa shape index (κ1) is 20.6. The number of thioether (sulfide) groups is 1. The molecule has 0 saturated carbocycles. The van der Waals surface area contributed by atoms with E-state index in [0.717, 1.165) is 24.8 Å². The molecule has 0 fully saturated rings. The molecule has 2 N–H and O–H groups in total. The molecule has 1 aromatic carbocycles. The van der Waals surface area contributed by atoms with Crippen molar-refractivity contribution in [2.24, 2.45) is 4.99 Å². The summed E-state index contributed by atoms with van der Waals surface area (Å²) in [6.45, 7) is 8.49. The lowest BCUT2D eigenvalue weighted by atomic mass is 9.82. The minimum absolute atomic E-state index is 0. The van der Waals surface area contributed by atoms with Crippen LogP contribution in [0.1, 0.15) is 25.0 Å². The van der Waals surface area contributed by atoms with Crippen LogP contribution < -0.4 is 10.6 Å². The second kappa shape index (κ2) is 10.3. The van der Waals surface area contributed by atoms with Crippen LogP contribution in [0.5, 0.6) is 0 Å². The van der Waals surface area contributed by atoms with Crippen molar-refractivity contribution in [1.82, 2.24) is 10.6 Å². The summed E-state index contributed by atoms with van der Waals surface area (Å²) < 4.78 is 0. The van der Waals surface area contributed by atoms with Crippen LogP contribution in [0.3, 0.4) is 0 Å². The summed E-state index contributed by atoms with van der Waals surface area (Å²) in [7, 11) is 1.81. The molecule has 1 aromatic rings. The monoisotopic (exact) mass is 421 g/mol. The minimum Gasteiger partial charge on any atom is -0.356 e. The second-order valence-corrected chi connectivity index (χ2v) is 6.53. The molecule has 0 atom stereocenters. The van der Waals surface area contributed by atoms with Gasteiger partial charge >= 0.3 is 0 Å². The van der Waals surface area contributed by atoms with Crippen LogP contribution in [0.15, 0.2) is 29.3 Å². The van der Waals surface area contributed by atoms with Crippen molar-refractivity contribution in [2.75, 3.05) is 32.1 Å². The number of nitrogens with one attached hydrogen (secondary N) is 2. The molecule has 0 amide bonds. The van der Waals surface area contributed by atoms with E-state index in [1.54, 1.807) is 0 Å². The fourth-order valence-corrected chi connectivity index (χ4v) is 2.53. The molecule has 0 aliphatic rings. The summed E-state index contributed by atoms with van der Waals surface area (Å²) in [4.78, 5) is 4.26. The van der Waals surface area contributed by atoms with Crippen molar-refractivity contribution in [3.63, 3.8) is 0 Å². The summed E-state index contributed by atoms with van der Waals surface area (Å²) in [6, 6.07) is 8.57. The van der Waals surface area contributed by atoms with Gasteiger partial charge in [-0.15, -0.1) is 24.0 Å². The second-order valence-electron chi connectivity index (χ2n) is 5.54. The van der Waals surface area contributed by atoms with Gasteiger partial charge in [0.15, 0.2) is 5.96 Å². The third-order valence-corrected chi connectivity index (χ3v) is 4.01. The highest BCUT2D eigenvalue weighted by molar-refractivity contribution is 14.0. The summed E-state index contributed by atoms with van der Waals surface area (Å²) >= 11 is 1.83. The molecule has 120 valence electrons. The van der Waals surface area contributed by atoms with Crippen LogP contribution in [0.2, 0.25) is 0 Å². The topological polar surface area (TPSA) is 36.4 Å². The number of nitrogens with zero attached hydrogens (tertiary/aromatic N) is 1. The number of aliphatic imine (C=N–C) groups is 1. The summed E-state index contributed by atoms with van der Waals surface area (Å²) in [6.07, 6.45) is 2.11. The van der Waals surface area contributed by atoms with Crippen LogP contribution in [0, 0.1) is 6.92 Å². The van der Waals surface area contributed by atoms with Gasteiger partial charge in [0.1, 0.15) is 0 Å². The molecule has 0 radical (unpaired) electrons. The highest BCUT2D eigenvalue weighted by Gasteiger charge is 2.22. The number of aryl methyl sites for hydroxylation is 1. The maximum atomic E-state index is 4.26. The summed E-state index contributed by atoms with van der Waals surface area (Å²) in [5.74, 6) is 1.96. The smallest absolute Gasteiger partial charge is 0.191 e. The van der Waals surface area contributed by atoms with Crippen molar-refractivity contribution in [3.05, 3.63) is 35.4 Å². The maximum Gasteiger partial charge on any atom is 0.191 e. The van der Waals surface area contributed by atoms with Gasteiger partial charge in [-0.25, -0.2) is 0 Å². The van der Waals surface area contributed by atoms with Gasteiger partial charge < -0.3 is 10.6 Å². The van der Waals surface area contributed by atoms with Gasteiger partial charge in [0.25, 0.3) is 0 Å². The first-order chi connectivity index (χ1) is 9.51. The van der Waals surface area contributed by atoms with Gasteiger partial charge in [0, 0.05) is 31.3 Å². The zero-order valence-corrected chi connectivity index (χ0v) is 16.8.